The Morgan fingerprint density at radius 1 is 0.938 bits per heavy atom. The summed E-state index contributed by atoms with van der Waals surface area (Å²) in [5.74, 6) is 0.0175. The van der Waals surface area contributed by atoms with Gasteiger partial charge in [0.1, 0.15) is 5.75 Å². The molecule has 0 spiro atoms. The van der Waals surface area contributed by atoms with Crippen LogP contribution in [0.25, 0.3) is 10.8 Å². The molecule has 0 radical (unpaired) electrons. The number of phenolic OH excluding ortho intramolecular Hbond substituents is 1. The molecule has 0 unspecified atom stereocenters. The molecule has 2 heterocycles. The Bertz CT molecular complexity index is 1330. The van der Waals surface area contributed by atoms with Crippen molar-refractivity contribution >= 4 is 16.7 Å². The van der Waals surface area contributed by atoms with E-state index in [1.807, 2.05) is 53.4 Å². The van der Waals surface area contributed by atoms with Crippen LogP contribution in [-0.4, -0.2) is 32.2 Å². The van der Waals surface area contributed by atoms with Crippen molar-refractivity contribution < 1.29 is 9.90 Å². The summed E-state index contributed by atoms with van der Waals surface area (Å²) in [6, 6.07) is 23.7. The number of rotatable bonds is 4. The summed E-state index contributed by atoms with van der Waals surface area (Å²) >= 11 is 0. The zero-order chi connectivity index (χ0) is 22.1. The Labute approximate surface area is 185 Å². The normalized spacial score (nSPS) is 15.9. The van der Waals surface area contributed by atoms with Gasteiger partial charge in [-0.15, -0.1) is 0 Å². The smallest absolute Gasteiger partial charge is 0.275 e. The Morgan fingerprint density at radius 3 is 2.38 bits per heavy atom. The minimum absolute atomic E-state index is 0.0850. The van der Waals surface area contributed by atoms with E-state index in [2.05, 4.69) is 5.10 Å². The second kappa shape index (κ2) is 8.30. The number of nitrogens with zero attached hydrogens (tertiary/aromatic N) is 3. The highest BCUT2D eigenvalue weighted by Gasteiger charge is 2.32. The molecule has 3 aromatic carbocycles. The van der Waals surface area contributed by atoms with Gasteiger partial charge in [0.15, 0.2) is 5.69 Å². The molecule has 1 amide bonds. The molecular weight excluding hydrogens is 402 g/mol. The molecule has 1 aromatic heterocycles. The molecule has 1 atom stereocenters. The Hall–Kier alpha value is -3.93. The second-order valence-corrected chi connectivity index (χ2v) is 8.09. The number of likely N-dealkylation sites (tertiary alicyclic amines) is 1. The van der Waals surface area contributed by atoms with Gasteiger partial charge >= 0.3 is 0 Å². The average Bonchev–Trinajstić information content (AvgIpc) is 3.32. The second-order valence-electron chi connectivity index (χ2n) is 8.09. The lowest BCUT2D eigenvalue weighted by molar-refractivity contribution is 0.0729. The molecule has 1 aliphatic rings. The van der Waals surface area contributed by atoms with Crippen molar-refractivity contribution in [2.24, 2.45) is 0 Å². The SMILES string of the molecule is O=C(c1nn(Cc2ccccc2)c(=O)c2ccccc12)N1CCC[C@H]1c1ccc(O)cc1. The fraction of sp³-hybridized carbons (Fsp3) is 0.192. The van der Waals surface area contributed by atoms with Crippen molar-refractivity contribution in [2.45, 2.75) is 25.4 Å². The highest BCUT2D eigenvalue weighted by Crippen LogP contribution is 2.34. The van der Waals surface area contributed by atoms with Gasteiger partial charge in [0.25, 0.3) is 11.5 Å². The summed E-state index contributed by atoms with van der Waals surface area (Å²) in [6.45, 7) is 0.921. The maximum atomic E-state index is 13.7. The first-order valence-electron chi connectivity index (χ1n) is 10.8. The number of aromatic nitrogens is 2. The summed E-state index contributed by atoms with van der Waals surface area (Å²) in [7, 11) is 0. The van der Waals surface area contributed by atoms with Crippen LogP contribution in [0.2, 0.25) is 0 Å². The standard InChI is InChI=1S/C26H23N3O3/c30-20-14-12-19(13-15-20)23-11-6-16-28(23)26(32)24-21-9-4-5-10-22(21)25(31)29(27-24)17-18-7-2-1-3-8-18/h1-5,7-10,12-15,23,30H,6,11,16-17H2/t23-/m0/s1. The van der Waals surface area contributed by atoms with E-state index in [9.17, 15) is 14.7 Å². The van der Waals surface area contributed by atoms with Gasteiger partial charge in [-0.2, -0.15) is 5.10 Å². The maximum absolute atomic E-state index is 13.7. The van der Waals surface area contributed by atoms with E-state index in [4.69, 9.17) is 0 Å². The third-order valence-electron chi connectivity index (χ3n) is 6.04. The quantitative estimate of drug-likeness (QED) is 0.534. The largest absolute Gasteiger partial charge is 0.508 e. The van der Waals surface area contributed by atoms with Gasteiger partial charge in [-0.25, -0.2) is 4.68 Å². The first-order chi connectivity index (χ1) is 15.6. The molecular formula is C26H23N3O3. The molecule has 1 saturated heterocycles. The lowest BCUT2D eigenvalue weighted by Crippen LogP contribution is -2.34. The van der Waals surface area contributed by atoms with Crippen molar-refractivity contribution in [2.75, 3.05) is 6.54 Å². The monoisotopic (exact) mass is 425 g/mol. The predicted molar refractivity (Wildman–Crippen MR) is 123 cm³/mol. The van der Waals surface area contributed by atoms with E-state index in [0.717, 1.165) is 24.0 Å². The molecule has 0 aliphatic carbocycles. The fourth-order valence-electron chi connectivity index (χ4n) is 4.45. The minimum Gasteiger partial charge on any atom is -0.508 e. The zero-order valence-corrected chi connectivity index (χ0v) is 17.5. The predicted octanol–water partition coefficient (Wildman–Crippen LogP) is 4.13. The fourth-order valence-corrected chi connectivity index (χ4v) is 4.45. The van der Waals surface area contributed by atoms with E-state index < -0.39 is 0 Å². The molecule has 1 N–H and O–H groups in total. The summed E-state index contributed by atoms with van der Waals surface area (Å²) in [5, 5.41) is 15.2. The van der Waals surface area contributed by atoms with Gasteiger partial charge < -0.3 is 10.0 Å². The van der Waals surface area contributed by atoms with Crippen molar-refractivity contribution in [3.63, 3.8) is 0 Å². The molecule has 160 valence electrons. The number of phenols is 1. The molecule has 0 bridgehead atoms. The van der Waals surface area contributed by atoms with Crippen molar-refractivity contribution in [3.8, 4) is 5.75 Å². The number of carbonyl (C=O) groups excluding carboxylic acids is 1. The summed E-state index contributed by atoms with van der Waals surface area (Å²) in [6.07, 6.45) is 1.73. The van der Waals surface area contributed by atoms with Crippen LogP contribution < -0.4 is 5.56 Å². The Balaban J connectivity index is 1.58. The number of carbonyl (C=O) groups is 1. The van der Waals surface area contributed by atoms with Crippen LogP contribution in [0.15, 0.2) is 83.7 Å². The Kier molecular flexibility index (Phi) is 5.19. The van der Waals surface area contributed by atoms with Gasteiger partial charge in [0, 0.05) is 11.9 Å². The average molecular weight is 425 g/mol. The van der Waals surface area contributed by atoms with Crippen LogP contribution in [-0.2, 0) is 6.54 Å². The summed E-state index contributed by atoms with van der Waals surface area (Å²) < 4.78 is 1.39. The molecule has 4 aromatic rings. The molecule has 32 heavy (non-hydrogen) atoms. The van der Waals surface area contributed by atoms with Gasteiger partial charge in [-0.3, -0.25) is 9.59 Å². The molecule has 1 aliphatic heterocycles. The zero-order valence-electron chi connectivity index (χ0n) is 17.5. The van der Waals surface area contributed by atoms with Gasteiger partial charge in [0.05, 0.1) is 18.0 Å². The number of hydrogen-bond acceptors (Lipinski definition) is 4. The first kappa shape index (κ1) is 20.0. The Morgan fingerprint density at radius 2 is 1.62 bits per heavy atom. The van der Waals surface area contributed by atoms with Crippen LogP contribution in [0, 0.1) is 0 Å². The number of fused-ring (bicyclic) bond motifs is 1. The van der Waals surface area contributed by atoms with Gasteiger partial charge in [-0.1, -0.05) is 60.7 Å². The number of benzene rings is 3. The number of hydrogen-bond donors (Lipinski definition) is 1. The van der Waals surface area contributed by atoms with E-state index in [-0.39, 0.29) is 23.3 Å². The molecule has 1 fully saturated rings. The van der Waals surface area contributed by atoms with E-state index in [1.165, 1.54) is 4.68 Å². The third kappa shape index (κ3) is 3.64. The van der Waals surface area contributed by atoms with Crippen molar-refractivity contribution in [1.82, 2.24) is 14.7 Å². The van der Waals surface area contributed by atoms with Crippen LogP contribution in [0.5, 0.6) is 5.75 Å². The molecule has 5 rings (SSSR count). The first-order valence-corrected chi connectivity index (χ1v) is 10.8. The molecule has 6 nitrogen and oxygen atoms in total. The third-order valence-corrected chi connectivity index (χ3v) is 6.04. The van der Waals surface area contributed by atoms with Crippen molar-refractivity contribution in [1.29, 1.82) is 0 Å². The lowest BCUT2D eigenvalue weighted by Gasteiger charge is -2.25. The van der Waals surface area contributed by atoms with Gasteiger partial charge in [-0.05, 0) is 42.2 Å². The minimum atomic E-state index is -0.211. The number of amides is 1. The maximum Gasteiger partial charge on any atom is 0.275 e. The molecule has 0 saturated carbocycles. The highest BCUT2D eigenvalue weighted by atomic mass is 16.3. The van der Waals surface area contributed by atoms with Crippen molar-refractivity contribution in [3.05, 3.63) is 106 Å². The van der Waals surface area contributed by atoms with E-state index in [0.29, 0.717) is 29.6 Å². The summed E-state index contributed by atoms with van der Waals surface area (Å²) in [5.41, 5.74) is 2.01. The van der Waals surface area contributed by atoms with Crippen LogP contribution in [0.3, 0.4) is 0 Å². The van der Waals surface area contributed by atoms with E-state index in [1.54, 1.807) is 30.3 Å². The molecule has 6 heteroatoms. The lowest BCUT2D eigenvalue weighted by atomic mass is 10.0. The van der Waals surface area contributed by atoms with Crippen LogP contribution >= 0.6 is 0 Å². The topological polar surface area (TPSA) is 75.4 Å². The van der Waals surface area contributed by atoms with E-state index >= 15 is 0 Å². The van der Waals surface area contributed by atoms with Crippen LogP contribution in [0.4, 0.5) is 0 Å². The van der Waals surface area contributed by atoms with Gasteiger partial charge in [0.2, 0.25) is 0 Å². The highest BCUT2D eigenvalue weighted by molar-refractivity contribution is 6.05. The summed E-state index contributed by atoms with van der Waals surface area (Å²) in [4.78, 5) is 28.7. The number of aromatic hydroxyl groups is 1. The van der Waals surface area contributed by atoms with Crippen LogP contribution in [0.1, 0.15) is 40.5 Å².